The van der Waals surface area contributed by atoms with E-state index in [-0.39, 0.29) is 0 Å². The van der Waals surface area contributed by atoms with Crippen LogP contribution in [0, 0.1) is 5.92 Å². The largest absolute Gasteiger partial charge is 0.0683 e. The van der Waals surface area contributed by atoms with Gasteiger partial charge in [-0.2, -0.15) is 0 Å². The van der Waals surface area contributed by atoms with Gasteiger partial charge in [-0.1, -0.05) is 58.9 Å². The third kappa shape index (κ3) is 6.33. The van der Waals surface area contributed by atoms with E-state index in [4.69, 9.17) is 0 Å². The quantitative estimate of drug-likeness (QED) is 0.659. The van der Waals surface area contributed by atoms with Crippen molar-refractivity contribution in [3.63, 3.8) is 0 Å². The van der Waals surface area contributed by atoms with Crippen LogP contribution in [0.5, 0.6) is 0 Å². The first-order valence-electron chi connectivity index (χ1n) is 6.30. The number of benzene rings is 1. The van der Waals surface area contributed by atoms with Gasteiger partial charge in [0.25, 0.3) is 0 Å². The molecule has 0 heteroatoms. The van der Waals surface area contributed by atoms with Crippen molar-refractivity contribution < 1.29 is 0 Å². The highest BCUT2D eigenvalue weighted by atomic mass is 14.0. The van der Waals surface area contributed by atoms with Gasteiger partial charge in [0.1, 0.15) is 0 Å². The van der Waals surface area contributed by atoms with Crippen LogP contribution < -0.4 is 0 Å². The molecule has 1 rings (SSSR count). The highest BCUT2D eigenvalue weighted by molar-refractivity contribution is 5.22. The molecule has 0 radical (unpaired) electrons. The molecule has 0 nitrogen and oxygen atoms in total. The lowest BCUT2D eigenvalue weighted by Gasteiger charge is -2.05. The minimum Gasteiger partial charge on any atom is -0.0683 e. The van der Waals surface area contributed by atoms with Gasteiger partial charge < -0.3 is 0 Å². The topological polar surface area (TPSA) is 0 Å². The zero-order valence-electron chi connectivity index (χ0n) is 11.0. The van der Waals surface area contributed by atoms with Crippen LogP contribution in [-0.4, -0.2) is 0 Å². The Morgan fingerprint density at radius 1 is 0.933 bits per heavy atom. The summed E-state index contributed by atoms with van der Waals surface area (Å²) in [6, 6.07) is 9.02. The number of hydrogen-bond acceptors (Lipinski definition) is 0. The minimum absolute atomic E-state index is 0.811. The van der Waals surface area contributed by atoms with Crippen molar-refractivity contribution in [2.75, 3.05) is 0 Å². The molecule has 0 atom stereocenters. The fraction of sp³-hybridized carbons (Fsp3) is 0.600. The number of rotatable bonds is 4. The van der Waals surface area contributed by atoms with Crippen LogP contribution in [0.25, 0.3) is 0 Å². The van der Waals surface area contributed by atoms with Gasteiger partial charge in [-0.25, -0.2) is 0 Å². The average molecular weight is 206 g/mol. The molecule has 0 unspecified atom stereocenters. The first kappa shape index (κ1) is 14.2. The van der Waals surface area contributed by atoms with E-state index in [2.05, 4.69) is 45.0 Å². The Balaban J connectivity index is 0.000000921. The molecule has 0 bridgehead atoms. The Kier molecular flexibility index (Phi) is 8.08. The zero-order chi connectivity index (χ0) is 11.7. The average Bonchev–Trinajstić information content (AvgIpc) is 2.30. The Morgan fingerprint density at radius 2 is 1.40 bits per heavy atom. The summed E-state index contributed by atoms with van der Waals surface area (Å²) >= 11 is 0. The molecule has 1 aromatic carbocycles. The lowest BCUT2D eigenvalue weighted by Crippen LogP contribution is -1.92. The Morgan fingerprint density at radius 3 is 1.80 bits per heavy atom. The van der Waals surface area contributed by atoms with Crippen LogP contribution in [-0.2, 0) is 12.8 Å². The summed E-state index contributed by atoms with van der Waals surface area (Å²) in [6.07, 6.45) is 3.66. The van der Waals surface area contributed by atoms with Gasteiger partial charge in [0, 0.05) is 0 Å². The lowest BCUT2D eigenvalue weighted by molar-refractivity contribution is 0.586. The van der Waals surface area contributed by atoms with E-state index in [9.17, 15) is 0 Å². The second-order valence-electron chi connectivity index (χ2n) is 4.10. The summed E-state index contributed by atoms with van der Waals surface area (Å²) in [7, 11) is 0. The molecule has 0 heterocycles. The molecular formula is C15H26. The van der Waals surface area contributed by atoms with Crippen LogP contribution in [0.2, 0.25) is 0 Å². The normalized spacial score (nSPS) is 9.73. The summed E-state index contributed by atoms with van der Waals surface area (Å²) in [5.41, 5.74) is 2.92. The highest BCUT2D eigenvalue weighted by Gasteiger charge is 1.96. The maximum Gasteiger partial charge on any atom is -0.0276 e. The molecule has 0 fully saturated rings. The van der Waals surface area contributed by atoms with E-state index >= 15 is 0 Å². The predicted octanol–water partition coefficient (Wildman–Crippen LogP) is 4.86. The first-order chi connectivity index (χ1) is 7.22. The summed E-state index contributed by atoms with van der Waals surface area (Å²) in [5, 5.41) is 0. The molecule has 15 heavy (non-hydrogen) atoms. The highest BCUT2D eigenvalue weighted by Crippen LogP contribution is 2.10. The van der Waals surface area contributed by atoms with Crippen molar-refractivity contribution in [3.8, 4) is 0 Å². The SMILES string of the molecule is CC.CCc1ccc(CCC(C)C)cc1. The van der Waals surface area contributed by atoms with E-state index in [1.54, 1.807) is 0 Å². The molecule has 0 N–H and O–H groups in total. The molecule has 0 aromatic heterocycles. The van der Waals surface area contributed by atoms with Crippen molar-refractivity contribution >= 4 is 0 Å². The second-order valence-corrected chi connectivity index (χ2v) is 4.10. The molecule has 1 aromatic rings. The Hall–Kier alpha value is -0.780. The summed E-state index contributed by atoms with van der Waals surface area (Å²) < 4.78 is 0. The summed E-state index contributed by atoms with van der Waals surface area (Å²) in [6.45, 7) is 10.8. The van der Waals surface area contributed by atoms with E-state index in [0.717, 1.165) is 12.3 Å². The third-order valence-corrected chi connectivity index (χ3v) is 2.44. The Labute approximate surface area is 95.7 Å². The Bertz CT molecular complexity index is 231. The molecule has 0 aliphatic rings. The van der Waals surface area contributed by atoms with Crippen LogP contribution in [0.15, 0.2) is 24.3 Å². The van der Waals surface area contributed by atoms with Crippen LogP contribution in [0.4, 0.5) is 0 Å². The van der Waals surface area contributed by atoms with Gasteiger partial charge in [-0.05, 0) is 36.3 Å². The van der Waals surface area contributed by atoms with Gasteiger partial charge in [-0.15, -0.1) is 0 Å². The first-order valence-corrected chi connectivity index (χ1v) is 6.30. The molecule has 86 valence electrons. The number of aryl methyl sites for hydroxylation is 2. The minimum atomic E-state index is 0.811. The lowest BCUT2D eigenvalue weighted by atomic mass is 10.0. The molecule has 0 saturated heterocycles. The van der Waals surface area contributed by atoms with Crippen molar-refractivity contribution in [1.29, 1.82) is 0 Å². The number of hydrogen-bond donors (Lipinski definition) is 0. The monoisotopic (exact) mass is 206 g/mol. The van der Waals surface area contributed by atoms with Gasteiger partial charge in [0.15, 0.2) is 0 Å². The molecule has 0 aliphatic carbocycles. The maximum absolute atomic E-state index is 2.28. The summed E-state index contributed by atoms with van der Waals surface area (Å²) in [5.74, 6) is 0.811. The van der Waals surface area contributed by atoms with Crippen LogP contribution in [0.1, 0.15) is 52.2 Å². The van der Waals surface area contributed by atoms with E-state index in [1.165, 1.54) is 24.0 Å². The van der Waals surface area contributed by atoms with Crippen molar-refractivity contribution in [2.24, 2.45) is 5.92 Å². The molecule has 0 saturated carbocycles. The molecule has 0 aliphatic heterocycles. The third-order valence-electron chi connectivity index (χ3n) is 2.44. The zero-order valence-corrected chi connectivity index (χ0v) is 11.0. The maximum atomic E-state index is 2.28. The fourth-order valence-electron chi connectivity index (χ4n) is 1.40. The van der Waals surface area contributed by atoms with E-state index < -0.39 is 0 Å². The standard InChI is InChI=1S/C13H20.C2H6/c1-4-12-7-9-13(10-8-12)6-5-11(2)3;1-2/h7-11H,4-6H2,1-3H3;1-2H3. The second kappa shape index (κ2) is 8.52. The molecule has 0 spiro atoms. The van der Waals surface area contributed by atoms with Gasteiger partial charge in [-0.3, -0.25) is 0 Å². The van der Waals surface area contributed by atoms with Crippen LogP contribution in [0.3, 0.4) is 0 Å². The smallest absolute Gasteiger partial charge is 0.0276 e. The summed E-state index contributed by atoms with van der Waals surface area (Å²) in [4.78, 5) is 0. The van der Waals surface area contributed by atoms with Crippen molar-refractivity contribution in [3.05, 3.63) is 35.4 Å². The molecule has 0 amide bonds. The van der Waals surface area contributed by atoms with Gasteiger partial charge >= 0.3 is 0 Å². The van der Waals surface area contributed by atoms with Crippen molar-refractivity contribution in [2.45, 2.75) is 53.9 Å². The van der Waals surface area contributed by atoms with Crippen LogP contribution >= 0.6 is 0 Å². The van der Waals surface area contributed by atoms with E-state index in [1.807, 2.05) is 13.8 Å². The van der Waals surface area contributed by atoms with Crippen molar-refractivity contribution in [1.82, 2.24) is 0 Å². The fourth-order valence-corrected chi connectivity index (χ4v) is 1.40. The van der Waals surface area contributed by atoms with Gasteiger partial charge in [0.2, 0.25) is 0 Å². The van der Waals surface area contributed by atoms with Gasteiger partial charge in [0.05, 0.1) is 0 Å². The predicted molar refractivity (Wildman–Crippen MR) is 70.3 cm³/mol. The van der Waals surface area contributed by atoms with E-state index in [0.29, 0.717) is 0 Å². The molecular weight excluding hydrogens is 180 g/mol.